The molecule has 1 aromatic carbocycles. The van der Waals surface area contributed by atoms with E-state index in [2.05, 4.69) is 20.5 Å². The first-order valence-electron chi connectivity index (χ1n) is 7.52. The summed E-state index contributed by atoms with van der Waals surface area (Å²) in [4.78, 5) is 16.6. The van der Waals surface area contributed by atoms with Crippen LogP contribution < -0.4 is 10.1 Å². The molecule has 0 atom stereocenters. The Morgan fingerprint density at radius 1 is 1.48 bits per heavy atom. The fraction of sp³-hybridized carbons (Fsp3) is 0.250. The second kappa shape index (κ2) is 7.58. The van der Waals surface area contributed by atoms with E-state index in [0.29, 0.717) is 16.3 Å². The van der Waals surface area contributed by atoms with E-state index in [0.717, 1.165) is 22.8 Å². The van der Waals surface area contributed by atoms with Crippen LogP contribution >= 0.6 is 23.6 Å². The molecule has 0 aliphatic heterocycles. The lowest BCUT2D eigenvalue weighted by atomic mass is 10.1. The molecule has 7 nitrogen and oxygen atoms in total. The van der Waals surface area contributed by atoms with E-state index in [9.17, 15) is 4.79 Å². The maximum absolute atomic E-state index is 12.2. The van der Waals surface area contributed by atoms with Crippen LogP contribution in [-0.4, -0.2) is 32.8 Å². The Kier molecular flexibility index (Phi) is 5.25. The van der Waals surface area contributed by atoms with Gasteiger partial charge in [-0.3, -0.25) is 9.89 Å². The molecule has 2 heterocycles. The van der Waals surface area contributed by atoms with Crippen molar-refractivity contribution in [3.63, 3.8) is 0 Å². The van der Waals surface area contributed by atoms with E-state index >= 15 is 0 Å². The molecule has 2 aromatic heterocycles. The smallest absolute Gasteiger partial charge is 0.230 e. The van der Waals surface area contributed by atoms with E-state index in [1.807, 2.05) is 36.7 Å². The quantitative estimate of drug-likeness (QED) is 0.647. The van der Waals surface area contributed by atoms with E-state index in [1.165, 1.54) is 11.3 Å². The van der Waals surface area contributed by atoms with Crippen LogP contribution in [0, 0.1) is 4.77 Å². The molecule has 130 valence electrons. The van der Waals surface area contributed by atoms with Crippen molar-refractivity contribution in [2.24, 2.45) is 7.05 Å². The van der Waals surface area contributed by atoms with Crippen LogP contribution in [0.1, 0.15) is 17.1 Å². The van der Waals surface area contributed by atoms with Crippen molar-refractivity contribution in [2.75, 3.05) is 12.4 Å². The number of hydrogen-bond acceptors (Lipinski definition) is 6. The van der Waals surface area contributed by atoms with Gasteiger partial charge in [-0.2, -0.15) is 5.10 Å². The monoisotopic (exact) mass is 375 g/mol. The maximum atomic E-state index is 12.2. The number of hydrogen-bond donors (Lipinski definition) is 2. The first kappa shape index (κ1) is 17.3. The summed E-state index contributed by atoms with van der Waals surface area (Å²) in [7, 11) is 3.45. The van der Waals surface area contributed by atoms with Crippen LogP contribution in [0.25, 0.3) is 0 Å². The zero-order valence-corrected chi connectivity index (χ0v) is 15.4. The Balaban J connectivity index is 1.61. The highest BCUT2D eigenvalue weighted by atomic mass is 32.1. The average molecular weight is 375 g/mol. The second-order valence-corrected chi connectivity index (χ2v) is 6.65. The fourth-order valence-electron chi connectivity index (χ4n) is 2.28. The summed E-state index contributed by atoms with van der Waals surface area (Å²) in [6, 6.07) is 7.44. The molecule has 0 radical (unpaired) electrons. The Hall–Kier alpha value is -2.52. The molecule has 0 saturated carbocycles. The number of nitrogens with zero attached hydrogens (tertiary/aromatic N) is 3. The molecule has 0 aliphatic carbocycles. The standard InChI is InChI=1S/C16H17N5O2S2/c1-21-13(19-20-16(21)24)8-11-9-25-15(17-11)18-14(22)7-10-4-3-5-12(6-10)23-2/h3-6,9H,7-8H2,1-2H3,(H,20,24)(H,17,18,22). The number of carbonyl (C=O) groups excluding carboxylic acids is 1. The van der Waals surface area contributed by atoms with Crippen molar-refractivity contribution in [2.45, 2.75) is 12.8 Å². The van der Waals surface area contributed by atoms with Gasteiger partial charge in [0.25, 0.3) is 0 Å². The van der Waals surface area contributed by atoms with Gasteiger partial charge in [-0.1, -0.05) is 12.1 Å². The Bertz CT molecular complexity index is 944. The highest BCUT2D eigenvalue weighted by molar-refractivity contribution is 7.71. The van der Waals surface area contributed by atoms with Crippen LogP contribution in [0.15, 0.2) is 29.6 Å². The van der Waals surface area contributed by atoms with Crippen LogP contribution in [0.3, 0.4) is 0 Å². The van der Waals surface area contributed by atoms with E-state index in [1.54, 1.807) is 11.7 Å². The summed E-state index contributed by atoms with van der Waals surface area (Å²) in [5.41, 5.74) is 1.72. The number of carbonyl (C=O) groups is 1. The summed E-state index contributed by atoms with van der Waals surface area (Å²) >= 11 is 6.48. The van der Waals surface area contributed by atoms with Gasteiger partial charge in [0.05, 0.1) is 25.6 Å². The van der Waals surface area contributed by atoms with Gasteiger partial charge in [0.1, 0.15) is 11.6 Å². The third kappa shape index (κ3) is 4.31. The number of thiazole rings is 1. The number of rotatable bonds is 6. The molecule has 3 rings (SSSR count). The molecule has 0 spiro atoms. The molecule has 1 amide bonds. The number of H-pyrrole nitrogens is 1. The highest BCUT2D eigenvalue weighted by Gasteiger charge is 2.10. The lowest BCUT2D eigenvalue weighted by Gasteiger charge is -2.04. The van der Waals surface area contributed by atoms with Crippen LogP contribution in [-0.2, 0) is 24.7 Å². The molecule has 0 fully saturated rings. The molecule has 0 saturated heterocycles. The van der Waals surface area contributed by atoms with Gasteiger partial charge in [-0.05, 0) is 29.9 Å². The third-order valence-electron chi connectivity index (χ3n) is 3.61. The number of aromatic amines is 1. The van der Waals surface area contributed by atoms with Gasteiger partial charge in [0.15, 0.2) is 9.90 Å². The van der Waals surface area contributed by atoms with Crippen molar-refractivity contribution in [3.8, 4) is 5.75 Å². The molecular weight excluding hydrogens is 358 g/mol. The topological polar surface area (TPSA) is 84.8 Å². The van der Waals surface area contributed by atoms with Gasteiger partial charge in [-0.25, -0.2) is 4.98 Å². The predicted molar refractivity (Wildman–Crippen MR) is 98.6 cm³/mol. The highest BCUT2D eigenvalue weighted by Crippen LogP contribution is 2.18. The van der Waals surface area contributed by atoms with Crippen molar-refractivity contribution in [1.82, 2.24) is 19.7 Å². The lowest BCUT2D eigenvalue weighted by molar-refractivity contribution is -0.115. The molecular formula is C16H17N5O2S2. The summed E-state index contributed by atoms with van der Waals surface area (Å²) in [6.07, 6.45) is 0.811. The van der Waals surface area contributed by atoms with Crippen molar-refractivity contribution >= 4 is 34.6 Å². The van der Waals surface area contributed by atoms with Crippen LogP contribution in [0.4, 0.5) is 5.13 Å². The first-order chi connectivity index (χ1) is 12.0. The van der Waals surface area contributed by atoms with Crippen molar-refractivity contribution < 1.29 is 9.53 Å². The second-order valence-electron chi connectivity index (χ2n) is 5.40. The van der Waals surface area contributed by atoms with Crippen molar-refractivity contribution in [3.05, 3.63) is 51.5 Å². The molecule has 2 N–H and O–H groups in total. The Labute approximate surface area is 153 Å². The molecule has 0 unspecified atom stereocenters. The van der Waals surface area contributed by atoms with Gasteiger partial charge >= 0.3 is 0 Å². The number of nitrogens with one attached hydrogen (secondary N) is 2. The van der Waals surface area contributed by atoms with Crippen LogP contribution in [0.2, 0.25) is 0 Å². The minimum atomic E-state index is -0.118. The SMILES string of the molecule is COc1cccc(CC(=O)Nc2nc(Cc3n[nH]c(=S)n3C)cs2)c1. The molecule has 25 heavy (non-hydrogen) atoms. The molecule has 0 aliphatic rings. The Morgan fingerprint density at radius 2 is 2.32 bits per heavy atom. The molecule has 3 aromatic rings. The van der Waals surface area contributed by atoms with Crippen molar-refractivity contribution in [1.29, 1.82) is 0 Å². The summed E-state index contributed by atoms with van der Waals surface area (Å²) < 4.78 is 7.53. The number of benzene rings is 1. The zero-order chi connectivity index (χ0) is 17.8. The fourth-order valence-corrected chi connectivity index (χ4v) is 3.15. The van der Waals surface area contributed by atoms with Crippen LogP contribution in [0.5, 0.6) is 5.75 Å². The minimum absolute atomic E-state index is 0.118. The zero-order valence-electron chi connectivity index (χ0n) is 13.8. The number of anilines is 1. The predicted octanol–water partition coefficient (Wildman–Crippen LogP) is 2.71. The molecule has 0 bridgehead atoms. The van der Waals surface area contributed by atoms with E-state index in [4.69, 9.17) is 17.0 Å². The van der Waals surface area contributed by atoms with Gasteiger partial charge < -0.3 is 14.6 Å². The number of amides is 1. The van der Waals surface area contributed by atoms with E-state index in [-0.39, 0.29) is 12.3 Å². The van der Waals surface area contributed by atoms with E-state index < -0.39 is 0 Å². The summed E-state index contributed by atoms with van der Waals surface area (Å²) in [5.74, 6) is 1.41. The maximum Gasteiger partial charge on any atom is 0.230 e. The third-order valence-corrected chi connectivity index (χ3v) is 4.78. The normalized spacial score (nSPS) is 10.6. The molecule has 9 heteroatoms. The average Bonchev–Trinajstić information content (AvgIpc) is 3.16. The minimum Gasteiger partial charge on any atom is -0.497 e. The summed E-state index contributed by atoms with van der Waals surface area (Å²) in [5, 5.41) is 12.2. The number of methoxy groups -OCH3 is 1. The van der Waals surface area contributed by atoms with Gasteiger partial charge in [0, 0.05) is 12.4 Å². The summed E-state index contributed by atoms with van der Waals surface area (Å²) in [6.45, 7) is 0. The number of ether oxygens (including phenoxy) is 1. The largest absolute Gasteiger partial charge is 0.497 e. The first-order valence-corrected chi connectivity index (χ1v) is 8.81. The Morgan fingerprint density at radius 3 is 3.04 bits per heavy atom. The van der Waals surface area contributed by atoms with Gasteiger partial charge in [0.2, 0.25) is 5.91 Å². The lowest BCUT2D eigenvalue weighted by Crippen LogP contribution is -2.14. The number of aromatic nitrogens is 4. The van der Waals surface area contributed by atoms with Gasteiger partial charge in [-0.15, -0.1) is 11.3 Å².